The van der Waals surface area contributed by atoms with E-state index in [0.29, 0.717) is 10.6 Å². The maximum Gasteiger partial charge on any atom is 0.292 e. The van der Waals surface area contributed by atoms with Crippen LogP contribution in [0.25, 0.3) is 22.3 Å². The molecule has 5 heteroatoms. The molecule has 0 heterocycles. The van der Waals surface area contributed by atoms with Crippen LogP contribution in [0.5, 0.6) is 0 Å². The van der Waals surface area contributed by atoms with E-state index >= 15 is 0 Å². The number of benzene rings is 3. The number of hydrogen-bond acceptors (Lipinski definition) is 3. The van der Waals surface area contributed by atoms with Crippen LogP contribution in [0.15, 0.2) is 66.7 Å². The second kappa shape index (κ2) is 9.02. The van der Waals surface area contributed by atoms with Crippen LogP contribution >= 0.6 is 11.6 Å². The van der Waals surface area contributed by atoms with Gasteiger partial charge in [0.05, 0.1) is 9.95 Å². The fourth-order valence-corrected chi connectivity index (χ4v) is 2.71. The highest BCUT2D eigenvalue weighted by Gasteiger charge is 2.16. The molecule has 0 aliphatic carbocycles. The number of nitrogens with two attached hydrogens (primary N) is 1. The molecule has 0 bridgehead atoms. The molecule has 26 heavy (non-hydrogen) atoms. The number of hydrogen-bond donors (Lipinski definition) is 1. The summed E-state index contributed by atoms with van der Waals surface area (Å²) in [6.45, 7) is 4.25. The fourth-order valence-electron chi connectivity index (χ4n) is 2.43. The van der Waals surface area contributed by atoms with Crippen molar-refractivity contribution in [1.82, 2.24) is 0 Å². The predicted octanol–water partition coefficient (Wildman–Crippen LogP) is 6.58. The first kappa shape index (κ1) is 19.5. The molecule has 3 rings (SSSR count). The van der Waals surface area contributed by atoms with E-state index in [4.69, 9.17) is 17.3 Å². The summed E-state index contributed by atoms with van der Waals surface area (Å²) in [5, 5.41) is 11.4. The van der Waals surface area contributed by atoms with Gasteiger partial charge in [0, 0.05) is 11.6 Å². The highest BCUT2D eigenvalue weighted by Crippen LogP contribution is 2.36. The number of halogens is 1. The van der Waals surface area contributed by atoms with Gasteiger partial charge in [0.1, 0.15) is 5.69 Å². The molecule has 0 atom stereocenters. The van der Waals surface area contributed by atoms with Gasteiger partial charge in [-0.25, -0.2) is 0 Å². The van der Waals surface area contributed by atoms with Gasteiger partial charge in [-0.15, -0.1) is 0 Å². The third kappa shape index (κ3) is 4.61. The summed E-state index contributed by atoms with van der Waals surface area (Å²) in [4.78, 5) is 10.5. The lowest BCUT2D eigenvalue weighted by atomic mass is 9.99. The lowest BCUT2D eigenvalue weighted by molar-refractivity contribution is -0.383. The molecular formula is C21H21ClN2O2. The summed E-state index contributed by atoms with van der Waals surface area (Å²) in [5.74, 6) is 0. The first-order valence-corrected chi connectivity index (χ1v) is 8.75. The van der Waals surface area contributed by atoms with Crippen molar-refractivity contribution in [3.8, 4) is 22.3 Å². The summed E-state index contributed by atoms with van der Waals surface area (Å²) in [6, 6.07) is 20.5. The lowest BCUT2D eigenvalue weighted by Gasteiger charge is -2.08. The van der Waals surface area contributed by atoms with E-state index in [9.17, 15) is 10.1 Å². The summed E-state index contributed by atoms with van der Waals surface area (Å²) < 4.78 is 0. The molecule has 3 aromatic carbocycles. The van der Waals surface area contributed by atoms with Gasteiger partial charge in [-0.2, -0.15) is 0 Å². The van der Waals surface area contributed by atoms with Crippen LogP contribution < -0.4 is 5.73 Å². The molecule has 0 aliphatic rings. The van der Waals surface area contributed by atoms with E-state index in [2.05, 4.69) is 13.8 Å². The van der Waals surface area contributed by atoms with Gasteiger partial charge < -0.3 is 5.73 Å². The number of nitro benzene ring substituents is 1. The third-order valence-corrected chi connectivity index (χ3v) is 3.93. The van der Waals surface area contributed by atoms with Crippen molar-refractivity contribution >= 4 is 23.0 Å². The Labute approximate surface area is 158 Å². The fraction of sp³-hybridized carbons (Fsp3) is 0.143. The standard InChI is InChI=1S/C18H13ClN2O2.C3H8/c19-16-11-17(20)18(21(22)23)10-15(16)14-8-6-13(7-9-14)12-4-2-1-3-5-12;1-3-2/h1-11H,20H2;3H2,1-2H3. The van der Waals surface area contributed by atoms with Crippen LogP contribution in [0.4, 0.5) is 11.4 Å². The first-order valence-electron chi connectivity index (χ1n) is 8.37. The Hall–Kier alpha value is -2.85. The van der Waals surface area contributed by atoms with E-state index < -0.39 is 4.92 Å². The zero-order valence-electron chi connectivity index (χ0n) is 14.8. The topological polar surface area (TPSA) is 69.2 Å². The summed E-state index contributed by atoms with van der Waals surface area (Å²) in [7, 11) is 0. The molecule has 0 unspecified atom stereocenters. The SMILES string of the molecule is CCC.Nc1cc(Cl)c(-c2ccc(-c3ccccc3)cc2)cc1[N+](=O)[O-]. The van der Waals surface area contributed by atoms with E-state index in [-0.39, 0.29) is 11.4 Å². The highest BCUT2D eigenvalue weighted by atomic mass is 35.5. The number of rotatable bonds is 3. The van der Waals surface area contributed by atoms with Gasteiger partial charge in [0.25, 0.3) is 5.69 Å². The summed E-state index contributed by atoms with van der Waals surface area (Å²) in [6.07, 6.45) is 1.25. The molecule has 0 amide bonds. The third-order valence-electron chi connectivity index (χ3n) is 3.62. The van der Waals surface area contributed by atoms with E-state index in [1.807, 2.05) is 54.6 Å². The Morgan fingerprint density at radius 2 is 1.42 bits per heavy atom. The summed E-state index contributed by atoms with van der Waals surface area (Å²) in [5.41, 5.74) is 9.12. The molecule has 3 aromatic rings. The average Bonchev–Trinajstić information content (AvgIpc) is 2.63. The van der Waals surface area contributed by atoms with Crippen molar-refractivity contribution in [1.29, 1.82) is 0 Å². The molecular weight excluding hydrogens is 348 g/mol. The minimum Gasteiger partial charge on any atom is -0.393 e. The quantitative estimate of drug-likeness (QED) is 0.322. The molecule has 4 nitrogen and oxygen atoms in total. The van der Waals surface area contributed by atoms with Gasteiger partial charge >= 0.3 is 0 Å². The maximum atomic E-state index is 11.0. The maximum absolute atomic E-state index is 11.0. The Morgan fingerprint density at radius 1 is 0.923 bits per heavy atom. The van der Waals surface area contributed by atoms with Crippen LogP contribution in [-0.2, 0) is 0 Å². The molecule has 2 N–H and O–H groups in total. The van der Waals surface area contributed by atoms with Crippen LogP contribution in [-0.4, -0.2) is 4.92 Å². The predicted molar refractivity (Wildman–Crippen MR) is 109 cm³/mol. The van der Waals surface area contributed by atoms with E-state index in [1.165, 1.54) is 18.6 Å². The minimum atomic E-state index is -0.506. The van der Waals surface area contributed by atoms with Crippen molar-refractivity contribution in [3.63, 3.8) is 0 Å². The molecule has 0 saturated carbocycles. The summed E-state index contributed by atoms with van der Waals surface area (Å²) >= 11 is 6.19. The Balaban J connectivity index is 0.000000758. The highest BCUT2D eigenvalue weighted by molar-refractivity contribution is 6.33. The number of nitrogens with zero attached hydrogens (tertiary/aromatic N) is 1. The van der Waals surface area contributed by atoms with Crippen LogP contribution in [0.1, 0.15) is 20.3 Å². The molecule has 0 spiro atoms. The van der Waals surface area contributed by atoms with Crippen molar-refractivity contribution in [3.05, 3.63) is 81.9 Å². The van der Waals surface area contributed by atoms with E-state index in [0.717, 1.165) is 16.7 Å². The molecule has 0 radical (unpaired) electrons. The van der Waals surface area contributed by atoms with Crippen molar-refractivity contribution in [2.45, 2.75) is 20.3 Å². The van der Waals surface area contributed by atoms with Crippen LogP contribution in [0, 0.1) is 10.1 Å². The Kier molecular flexibility index (Phi) is 6.75. The van der Waals surface area contributed by atoms with Gasteiger partial charge in [-0.05, 0) is 22.8 Å². The normalized spacial score (nSPS) is 9.96. The Bertz CT molecular complexity index is 879. The molecule has 0 saturated heterocycles. The van der Waals surface area contributed by atoms with Gasteiger partial charge in [0.2, 0.25) is 0 Å². The van der Waals surface area contributed by atoms with Crippen molar-refractivity contribution < 1.29 is 4.92 Å². The number of anilines is 1. The average molecular weight is 369 g/mol. The molecule has 0 aromatic heterocycles. The van der Waals surface area contributed by atoms with Gasteiger partial charge in [-0.3, -0.25) is 10.1 Å². The Morgan fingerprint density at radius 3 is 1.96 bits per heavy atom. The zero-order valence-corrected chi connectivity index (χ0v) is 15.5. The van der Waals surface area contributed by atoms with Gasteiger partial charge in [0.15, 0.2) is 0 Å². The second-order valence-electron chi connectivity index (χ2n) is 5.80. The largest absolute Gasteiger partial charge is 0.393 e. The zero-order chi connectivity index (χ0) is 19.1. The second-order valence-corrected chi connectivity index (χ2v) is 6.21. The molecule has 0 aliphatic heterocycles. The van der Waals surface area contributed by atoms with Crippen LogP contribution in [0.2, 0.25) is 5.02 Å². The lowest BCUT2D eigenvalue weighted by Crippen LogP contribution is -1.96. The monoisotopic (exact) mass is 368 g/mol. The van der Waals surface area contributed by atoms with Gasteiger partial charge in [-0.1, -0.05) is 86.5 Å². The van der Waals surface area contributed by atoms with E-state index in [1.54, 1.807) is 0 Å². The smallest absolute Gasteiger partial charge is 0.292 e. The first-order chi connectivity index (χ1) is 12.5. The van der Waals surface area contributed by atoms with Crippen molar-refractivity contribution in [2.75, 3.05) is 5.73 Å². The molecule has 0 fully saturated rings. The number of nitro groups is 1. The minimum absolute atomic E-state index is 0.0599. The molecule has 134 valence electrons. The van der Waals surface area contributed by atoms with Crippen LogP contribution in [0.3, 0.4) is 0 Å². The van der Waals surface area contributed by atoms with Crippen molar-refractivity contribution in [2.24, 2.45) is 0 Å². The number of nitrogen functional groups attached to an aromatic ring is 1.